The molecule has 1 saturated heterocycles. The Hall–Kier alpha value is -2.65. The van der Waals surface area contributed by atoms with E-state index in [9.17, 15) is 8.42 Å². The van der Waals surface area contributed by atoms with Crippen LogP contribution in [0.1, 0.15) is 20.3 Å². The minimum absolute atomic E-state index is 0.00524. The Morgan fingerprint density at radius 1 is 1.28 bits per heavy atom. The zero-order valence-electron chi connectivity index (χ0n) is 16.5. The van der Waals surface area contributed by atoms with Crippen molar-refractivity contribution in [2.45, 2.75) is 36.2 Å². The molecule has 154 valence electrons. The summed E-state index contributed by atoms with van der Waals surface area (Å²) >= 11 is 0. The molecule has 0 saturated carbocycles. The third-order valence-electron chi connectivity index (χ3n) is 5.04. The van der Waals surface area contributed by atoms with Crippen molar-refractivity contribution in [1.29, 1.82) is 0 Å². The van der Waals surface area contributed by atoms with E-state index in [1.165, 1.54) is 6.33 Å². The Kier molecular flexibility index (Phi) is 5.18. The molecule has 0 amide bonds. The van der Waals surface area contributed by atoms with Crippen LogP contribution in [0.25, 0.3) is 11.0 Å². The molecule has 29 heavy (non-hydrogen) atoms. The Labute approximate surface area is 170 Å². The van der Waals surface area contributed by atoms with Gasteiger partial charge in [-0.2, -0.15) is 0 Å². The molecule has 1 fully saturated rings. The van der Waals surface area contributed by atoms with Gasteiger partial charge in [0.2, 0.25) is 9.84 Å². The highest BCUT2D eigenvalue weighted by Crippen LogP contribution is 2.35. The normalized spacial score (nSPS) is 17.9. The zero-order valence-corrected chi connectivity index (χ0v) is 17.3. The molecule has 0 bridgehead atoms. The van der Waals surface area contributed by atoms with Crippen molar-refractivity contribution in [2.75, 3.05) is 30.3 Å². The van der Waals surface area contributed by atoms with Gasteiger partial charge in [-0.05, 0) is 24.5 Å². The van der Waals surface area contributed by atoms with E-state index in [1.54, 1.807) is 30.3 Å². The molecule has 0 aliphatic carbocycles. The molecule has 1 aromatic carbocycles. The van der Waals surface area contributed by atoms with Gasteiger partial charge in [-0.3, -0.25) is 0 Å². The third-order valence-corrected chi connectivity index (χ3v) is 6.88. The number of fused-ring (bicyclic) bond motifs is 1. The van der Waals surface area contributed by atoms with Crippen molar-refractivity contribution < 1.29 is 13.2 Å². The van der Waals surface area contributed by atoms with Gasteiger partial charge in [0.15, 0.2) is 5.82 Å². The summed E-state index contributed by atoms with van der Waals surface area (Å²) in [6, 6.07) is 8.23. The van der Waals surface area contributed by atoms with Crippen molar-refractivity contribution in [3.8, 4) is 0 Å². The predicted molar refractivity (Wildman–Crippen MR) is 112 cm³/mol. The van der Waals surface area contributed by atoms with E-state index in [2.05, 4.69) is 33.7 Å². The van der Waals surface area contributed by atoms with E-state index in [0.717, 1.165) is 6.42 Å². The summed E-state index contributed by atoms with van der Waals surface area (Å²) < 4.78 is 32.3. The van der Waals surface area contributed by atoms with Gasteiger partial charge < -0.3 is 20.4 Å². The smallest absolute Gasteiger partial charge is 0.212 e. The molecule has 1 aliphatic rings. The standard InChI is InChI=1S/C20H25N5O3S/c1-13(2)10-14-11-25(8-9-28-14)20-17-16(22-12-23-20)18(19(21)24-17)29(26,27)15-6-4-3-5-7-15/h3-7,12-14,24H,8-11,21H2,1-2H3. The summed E-state index contributed by atoms with van der Waals surface area (Å²) in [6.07, 6.45) is 2.45. The second-order valence-electron chi connectivity index (χ2n) is 7.67. The summed E-state index contributed by atoms with van der Waals surface area (Å²) in [7, 11) is -3.82. The number of nitrogen functional groups attached to an aromatic ring is 1. The minimum Gasteiger partial charge on any atom is -0.384 e. The van der Waals surface area contributed by atoms with Crippen LogP contribution in [-0.2, 0) is 14.6 Å². The first-order valence-corrected chi connectivity index (χ1v) is 11.1. The van der Waals surface area contributed by atoms with Gasteiger partial charge in [0.05, 0.1) is 17.6 Å². The van der Waals surface area contributed by atoms with Gasteiger partial charge in [-0.1, -0.05) is 32.0 Å². The van der Waals surface area contributed by atoms with Gasteiger partial charge >= 0.3 is 0 Å². The molecule has 1 aliphatic heterocycles. The number of nitrogens with zero attached hydrogens (tertiary/aromatic N) is 3. The summed E-state index contributed by atoms with van der Waals surface area (Å²) in [6.45, 7) is 6.27. The Morgan fingerprint density at radius 3 is 2.76 bits per heavy atom. The lowest BCUT2D eigenvalue weighted by molar-refractivity contribution is 0.0274. The van der Waals surface area contributed by atoms with Crippen molar-refractivity contribution in [2.24, 2.45) is 5.92 Å². The maximum absolute atomic E-state index is 13.2. The molecular formula is C20H25N5O3S. The number of hydrogen-bond donors (Lipinski definition) is 2. The number of H-pyrrole nitrogens is 1. The number of anilines is 2. The highest BCUT2D eigenvalue weighted by Gasteiger charge is 2.30. The van der Waals surface area contributed by atoms with Crippen molar-refractivity contribution in [3.05, 3.63) is 36.7 Å². The average Bonchev–Trinajstić information content (AvgIpc) is 3.05. The first-order chi connectivity index (χ1) is 13.9. The average molecular weight is 416 g/mol. The zero-order chi connectivity index (χ0) is 20.6. The van der Waals surface area contributed by atoms with Crippen LogP contribution in [0.2, 0.25) is 0 Å². The Morgan fingerprint density at radius 2 is 2.03 bits per heavy atom. The number of aromatic nitrogens is 3. The second-order valence-corrected chi connectivity index (χ2v) is 9.56. The maximum Gasteiger partial charge on any atom is 0.212 e. The summed E-state index contributed by atoms with van der Waals surface area (Å²) in [5.74, 6) is 1.24. The molecule has 2 aromatic heterocycles. The molecule has 0 radical (unpaired) electrons. The number of nitrogens with one attached hydrogen (secondary N) is 1. The van der Waals surface area contributed by atoms with E-state index >= 15 is 0 Å². The van der Waals surface area contributed by atoms with Crippen LogP contribution in [0, 0.1) is 5.92 Å². The molecule has 3 aromatic rings. The highest BCUT2D eigenvalue weighted by molar-refractivity contribution is 7.92. The Balaban J connectivity index is 1.77. The molecule has 8 nitrogen and oxygen atoms in total. The highest BCUT2D eigenvalue weighted by atomic mass is 32.2. The third kappa shape index (κ3) is 3.67. The molecule has 4 rings (SSSR count). The number of sulfone groups is 1. The lowest BCUT2D eigenvalue weighted by Crippen LogP contribution is -2.43. The van der Waals surface area contributed by atoms with Crippen LogP contribution in [0.4, 0.5) is 11.6 Å². The van der Waals surface area contributed by atoms with Crippen LogP contribution < -0.4 is 10.6 Å². The van der Waals surface area contributed by atoms with Gasteiger partial charge in [0.25, 0.3) is 0 Å². The number of aromatic amines is 1. The van der Waals surface area contributed by atoms with Crippen molar-refractivity contribution >= 4 is 32.5 Å². The van der Waals surface area contributed by atoms with Gasteiger partial charge in [0.1, 0.15) is 28.1 Å². The van der Waals surface area contributed by atoms with E-state index in [4.69, 9.17) is 10.5 Å². The Bertz CT molecular complexity index is 1110. The lowest BCUT2D eigenvalue weighted by atomic mass is 10.0. The topological polar surface area (TPSA) is 114 Å². The van der Waals surface area contributed by atoms with Crippen LogP contribution in [-0.4, -0.2) is 49.2 Å². The lowest BCUT2D eigenvalue weighted by Gasteiger charge is -2.34. The fraction of sp³-hybridized carbons (Fsp3) is 0.400. The molecule has 9 heteroatoms. The summed E-state index contributed by atoms with van der Waals surface area (Å²) in [4.78, 5) is 14.0. The number of benzene rings is 1. The van der Waals surface area contributed by atoms with Gasteiger partial charge in [-0.25, -0.2) is 18.4 Å². The van der Waals surface area contributed by atoms with E-state index in [0.29, 0.717) is 42.5 Å². The number of rotatable bonds is 5. The first-order valence-electron chi connectivity index (χ1n) is 9.66. The molecule has 3 N–H and O–H groups in total. The molecule has 1 unspecified atom stereocenters. The SMILES string of the molecule is CC(C)CC1CN(c2ncnc3c(S(=O)(=O)c4ccccc4)c(N)[nH]c23)CCO1. The monoisotopic (exact) mass is 415 g/mol. The number of ether oxygens (including phenoxy) is 1. The molecule has 1 atom stereocenters. The van der Waals surface area contributed by atoms with E-state index < -0.39 is 9.84 Å². The van der Waals surface area contributed by atoms with Crippen LogP contribution in [0.3, 0.4) is 0 Å². The minimum atomic E-state index is -3.82. The molecule has 3 heterocycles. The van der Waals surface area contributed by atoms with Crippen LogP contribution in [0.15, 0.2) is 46.5 Å². The van der Waals surface area contributed by atoms with Crippen LogP contribution >= 0.6 is 0 Å². The van der Waals surface area contributed by atoms with Crippen molar-refractivity contribution in [1.82, 2.24) is 15.0 Å². The van der Waals surface area contributed by atoms with Crippen molar-refractivity contribution in [3.63, 3.8) is 0 Å². The maximum atomic E-state index is 13.2. The fourth-order valence-corrected chi connectivity index (χ4v) is 5.29. The van der Waals surface area contributed by atoms with Gasteiger partial charge in [0, 0.05) is 13.1 Å². The summed E-state index contributed by atoms with van der Waals surface area (Å²) in [5.41, 5.74) is 6.96. The van der Waals surface area contributed by atoms with E-state index in [1.807, 2.05) is 0 Å². The largest absolute Gasteiger partial charge is 0.384 e. The first kappa shape index (κ1) is 19.7. The molecule has 0 spiro atoms. The number of nitrogens with two attached hydrogens (primary N) is 1. The fourth-order valence-electron chi connectivity index (χ4n) is 3.79. The summed E-state index contributed by atoms with van der Waals surface area (Å²) in [5, 5.41) is 0. The van der Waals surface area contributed by atoms with Crippen LogP contribution in [0.5, 0.6) is 0 Å². The second kappa shape index (κ2) is 7.64. The quantitative estimate of drug-likeness (QED) is 0.658. The molecular weight excluding hydrogens is 390 g/mol. The predicted octanol–water partition coefficient (Wildman–Crippen LogP) is 2.62. The number of hydrogen-bond acceptors (Lipinski definition) is 7. The number of morpholine rings is 1. The van der Waals surface area contributed by atoms with Gasteiger partial charge in [-0.15, -0.1) is 0 Å². The van der Waals surface area contributed by atoms with E-state index in [-0.39, 0.29) is 21.7 Å².